The molecule has 0 aliphatic carbocycles. The highest BCUT2D eigenvalue weighted by atomic mass is 79.9. The summed E-state index contributed by atoms with van der Waals surface area (Å²) < 4.78 is 11.1. The zero-order valence-corrected chi connectivity index (χ0v) is 13.9. The second-order valence-corrected chi connectivity index (χ2v) is 5.46. The molecule has 2 aromatic rings. The Bertz CT molecular complexity index is 540. The predicted molar refractivity (Wildman–Crippen MR) is 90.5 cm³/mol. The van der Waals surface area contributed by atoms with Gasteiger partial charge in [0.1, 0.15) is 11.5 Å². The third-order valence-corrected chi connectivity index (χ3v) is 3.98. The molecule has 2 aromatic carbocycles. The maximum absolute atomic E-state index is 5.90. The molecule has 0 saturated carbocycles. The minimum Gasteiger partial charge on any atom is -0.497 e. The van der Waals surface area contributed by atoms with Crippen molar-refractivity contribution in [3.63, 3.8) is 0 Å². The number of ether oxygens (including phenoxy) is 2. The van der Waals surface area contributed by atoms with Crippen molar-refractivity contribution in [2.75, 3.05) is 13.7 Å². The molecule has 112 valence electrons. The molecule has 0 fully saturated rings. The lowest BCUT2D eigenvalue weighted by atomic mass is 10.1. The van der Waals surface area contributed by atoms with E-state index in [1.807, 2.05) is 18.2 Å². The predicted octanol–water partition coefficient (Wildman–Crippen LogP) is 4.99. The van der Waals surface area contributed by atoms with Crippen LogP contribution in [0.15, 0.2) is 48.5 Å². The van der Waals surface area contributed by atoms with Crippen LogP contribution in [0.3, 0.4) is 0 Å². The Balaban J connectivity index is 1.78. The van der Waals surface area contributed by atoms with Crippen LogP contribution in [0.5, 0.6) is 11.5 Å². The first-order chi connectivity index (χ1) is 10.3. The van der Waals surface area contributed by atoms with Gasteiger partial charge < -0.3 is 9.47 Å². The standard InChI is InChI=1S/C18H21BrO2/c1-20-17-11-10-16(14-19)18(13-17)21-12-6-5-9-15-7-3-2-4-8-15/h2-4,7-8,10-11,13H,5-6,9,12,14H2,1H3. The Hall–Kier alpha value is -1.48. The van der Waals surface area contributed by atoms with E-state index in [1.54, 1.807) is 7.11 Å². The summed E-state index contributed by atoms with van der Waals surface area (Å²) in [5.74, 6) is 1.74. The smallest absolute Gasteiger partial charge is 0.127 e. The first-order valence-corrected chi connectivity index (χ1v) is 8.35. The summed E-state index contributed by atoms with van der Waals surface area (Å²) >= 11 is 3.49. The second kappa shape index (κ2) is 8.73. The summed E-state index contributed by atoms with van der Waals surface area (Å²) in [4.78, 5) is 0. The Morgan fingerprint density at radius 2 is 1.81 bits per heavy atom. The molecule has 0 atom stereocenters. The Kier molecular flexibility index (Phi) is 6.61. The molecule has 2 nitrogen and oxygen atoms in total. The van der Waals surface area contributed by atoms with Gasteiger partial charge in [-0.05, 0) is 30.9 Å². The van der Waals surface area contributed by atoms with Crippen LogP contribution in [0, 0.1) is 0 Å². The van der Waals surface area contributed by atoms with Gasteiger partial charge in [-0.15, -0.1) is 0 Å². The van der Waals surface area contributed by atoms with Crippen LogP contribution >= 0.6 is 15.9 Å². The quantitative estimate of drug-likeness (QED) is 0.494. The zero-order chi connectivity index (χ0) is 14.9. The van der Waals surface area contributed by atoms with Crippen LogP contribution in [0.4, 0.5) is 0 Å². The summed E-state index contributed by atoms with van der Waals surface area (Å²) in [7, 11) is 1.67. The summed E-state index contributed by atoms with van der Waals surface area (Å²) in [5.41, 5.74) is 2.54. The lowest BCUT2D eigenvalue weighted by Gasteiger charge is -2.11. The summed E-state index contributed by atoms with van der Waals surface area (Å²) in [6.45, 7) is 0.736. The van der Waals surface area contributed by atoms with Gasteiger partial charge in [-0.2, -0.15) is 0 Å². The molecular formula is C18H21BrO2. The van der Waals surface area contributed by atoms with Gasteiger partial charge in [0.05, 0.1) is 13.7 Å². The first-order valence-electron chi connectivity index (χ1n) is 7.23. The van der Waals surface area contributed by atoms with E-state index in [-0.39, 0.29) is 0 Å². The highest BCUT2D eigenvalue weighted by Crippen LogP contribution is 2.26. The number of hydrogen-bond donors (Lipinski definition) is 0. The van der Waals surface area contributed by atoms with Crippen LogP contribution in [0.1, 0.15) is 24.0 Å². The third kappa shape index (κ3) is 5.09. The number of methoxy groups -OCH3 is 1. The van der Waals surface area contributed by atoms with Crippen LogP contribution in [-0.4, -0.2) is 13.7 Å². The summed E-state index contributed by atoms with van der Waals surface area (Å²) in [6, 6.07) is 16.5. The number of aryl methyl sites for hydroxylation is 1. The fourth-order valence-corrected chi connectivity index (χ4v) is 2.63. The molecule has 0 bridgehead atoms. The lowest BCUT2D eigenvalue weighted by Crippen LogP contribution is -2.01. The molecule has 3 heteroatoms. The highest BCUT2D eigenvalue weighted by Gasteiger charge is 2.04. The van der Waals surface area contributed by atoms with Gasteiger partial charge in [0.15, 0.2) is 0 Å². The van der Waals surface area contributed by atoms with Crippen molar-refractivity contribution in [1.82, 2.24) is 0 Å². The largest absolute Gasteiger partial charge is 0.497 e. The van der Waals surface area contributed by atoms with Gasteiger partial charge in [-0.25, -0.2) is 0 Å². The van der Waals surface area contributed by atoms with E-state index in [2.05, 4.69) is 46.3 Å². The van der Waals surface area contributed by atoms with Gasteiger partial charge in [0.2, 0.25) is 0 Å². The Morgan fingerprint density at radius 3 is 2.52 bits per heavy atom. The minimum atomic E-state index is 0.736. The maximum Gasteiger partial charge on any atom is 0.127 e. The average molecular weight is 349 g/mol. The molecule has 0 aliphatic rings. The van der Waals surface area contributed by atoms with E-state index in [0.29, 0.717) is 0 Å². The van der Waals surface area contributed by atoms with Gasteiger partial charge in [0, 0.05) is 17.0 Å². The number of rotatable bonds is 8. The summed E-state index contributed by atoms with van der Waals surface area (Å²) in [5, 5.41) is 0.788. The molecule has 0 saturated heterocycles. The third-order valence-electron chi connectivity index (χ3n) is 3.38. The van der Waals surface area contributed by atoms with E-state index >= 15 is 0 Å². The van der Waals surface area contributed by atoms with Crippen LogP contribution in [0.2, 0.25) is 0 Å². The molecule has 21 heavy (non-hydrogen) atoms. The molecular weight excluding hydrogens is 328 g/mol. The molecule has 0 aliphatic heterocycles. The molecule has 0 spiro atoms. The first kappa shape index (κ1) is 15.9. The topological polar surface area (TPSA) is 18.5 Å². The maximum atomic E-state index is 5.90. The van der Waals surface area contributed by atoms with E-state index in [0.717, 1.165) is 48.3 Å². The molecule has 0 amide bonds. The normalized spacial score (nSPS) is 10.4. The number of alkyl halides is 1. The molecule has 0 aromatic heterocycles. The van der Waals surface area contributed by atoms with Crippen molar-refractivity contribution in [3.05, 3.63) is 59.7 Å². The van der Waals surface area contributed by atoms with Crippen LogP contribution < -0.4 is 9.47 Å². The number of unbranched alkanes of at least 4 members (excludes halogenated alkanes) is 1. The molecule has 0 radical (unpaired) electrons. The van der Waals surface area contributed by atoms with Crippen molar-refractivity contribution in [2.24, 2.45) is 0 Å². The van der Waals surface area contributed by atoms with Crippen molar-refractivity contribution < 1.29 is 9.47 Å². The Labute approximate surface area is 135 Å². The number of hydrogen-bond acceptors (Lipinski definition) is 2. The summed E-state index contributed by atoms with van der Waals surface area (Å²) in [6.07, 6.45) is 3.29. The monoisotopic (exact) mass is 348 g/mol. The second-order valence-electron chi connectivity index (χ2n) is 4.90. The van der Waals surface area contributed by atoms with E-state index in [9.17, 15) is 0 Å². The van der Waals surface area contributed by atoms with Gasteiger partial charge in [0.25, 0.3) is 0 Å². The van der Waals surface area contributed by atoms with Gasteiger partial charge in [-0.1, -0.05) is 52.3 Å². The average Bonchev–Trinajstić information content (AvgIpc) is 2.55. The van der Waals surface area contributed by atoms with E-state index in [1.165, 1.54) is 5.56 Å². The SMILES string of the molecule is COc1ccc(CBr)c(OCCCCc2ccccc2)c1. The number of halogens is 1. The van der Waals surface area contributed by atoms with Gasteiger partial charge >= 0.3 is 0 Å². The molecule has 0 unspecified atom stereocenters. The van der Waals surface area contributed by atoms with Gasteiger partial charge in [-0.3, -0.25) is 0 Å². The lowest BCUT2D eigenvalue weighted by molar-refractivity contribution is 0.302. The van der Waals surface area contributed by atoms with E-state index < -0.39 is 0 Å². The van der Waals surface area contributed by atoms with Crippen molar-refractivity contribution in [1.29, 1.82) is 0 Å². The van der Waals surface area contributed by atoms with Crippen molar-refractivity contribution in [3.8, 4) is 11.5 Å². The zero-order valence-electron chi connectivity index (χ0n) is 12.3. The molecule has 2 rings (SSSR count). The van der Waals surface area contributed by atoms with Crippen LogP contribution in [-0.2, 0) is 11.8 Å². The number of benzene rings is 2. The highest BCUT2D eigenvalue weighted by molar-refractivity contribution is 9.08. The fourth-order valence-electron chi connectivity index (χ4n) is 2.16. The fraction of sp³-hybridized carbons (Fsp3) is 0.333. The van der Waals surface area contributed by atoms with Crippen molar-refractivity contribution in [2.45, 2.75) is 24.6 Å². The van der Waals surface area contributed by atoms with Crippen molar-refractivity contribution >= 4 is 15.9 Å². The minimum absolute atomic E-state index is 0.736. The molecule has 0 heterocycles. The Morgan fingerprint density at radius 1 is 1.00 bits per heavy atom. The molecule has 0 N–H and O–H groups in total. The van der Waals surface area contributed by atoms with Crippen LogP contribution in [0.25, 0.3) is 0 Å². The van der Waals surface area contributed by atoms with E-state index in [4.69, 9.17) is 9.47 Å².